The molecule has 0 unspecified atom stereocenters. The molecule has 0 amide bonds. The van der Waals surface area contributed by atoms with Crippen LogP contribution in [0.15, 0.2) is 48.1 Å². The van der Waals surface area contributed by atoms with Crippen LogP contribution in [-0.2, 0) is 0 Å². The summed E-state index contributed by atoms with van der Waals surface area (Å²) in [7, 11) is 0. The molecule has 0 spiro atoms. The number of thiophene rings is 1. The van der Waals surface area contributed by atoms with Crippen molar-refractivity contribution in [3.8, 4) is 11.1 Å². The molecule has 0 radical (unpaired) electrons. The fraction of sp³-hybridized carbons (Fsp3) is 0.143. The van der Waals surface area contributed by atoms with Crippen molar-refractivity contribution in [1.29, 1.82) is 0 Å². The SMILES string of the molecule is Cc1cc(C)c(Nc2ncnc3scc(-c4ccc(F)cc4)c23)c(C)c1. The number of nitrogens with one attached hydrogen (secondary N) is 1. The zero-order valence-corrected chi connectivity index (χ0v) is 15.6. The number of rotatable bonds is 3. The molecule has 130 valence electrons. The van der Waals surface area contributed by atoms with E-state index in [2.05, 4.69) is 48.2 Å². The lowest BCUT2D eigenvalue weighted by Crippen LogP contribution is -2.00. The van der Waals surface area contributed by atoms with Gasteiger partial charge in [-0.3, -0.25) is 0 Å². The molecular weight excluding hydrogens is 345 g/mol. The highest BCUT2D eigenvalue weighted by Crippen LogP contribution is 2.38. The molecule has 2 heterocycles. The van der Waals surface area contributed by atoms with E-state index in [4.69, 9.17) is 0 Å². The highest BCUT2D eigenvalue weighted by Gasteiger charge is 2.15. The summed E-state index contributed by atoms with van der Waals surface area (Å²) in [6.07, 6.45) is 1.58. The van der Waals surface area contributed by atoms with Gasteiger partial charge < -0.3 is 5.32 Å². The fourth-order valence-corrected chi connectivity index (χ4v) is 4.22. The minimum Gasteiger partial charge on any atom is -0.339 e. The van der Waals surface area contributed by atoms with E-state index in [0.717, 1.165) is 32.8 Å². The number of anilines is 2. The standard InChI is InChI=1S/C21H18FN3S/c1-12-8-13(2)19(14(3)9-12)25-20-18-17(10-26-21(18)24-11-23-20)15-4-6-16(22)7-5-15/h4-11H,1-3H3,(H,23,24,25). The van der Waals surface area contributed by atoms with Crippen molar-refractivity contribution in [2.24, 2.45) is 0 Å². The lowest BCUT2D eigenvalue weighted by Gasteiger charge is -2.14. The first-order valence-electron chi connectivity index (χ1n) is 8.36. The molecule has 0 aliphatic rings. The van der Waals surface area contributed by atoms with Gasteiger partial charge in [0.25, 0.3) is 0 Å². The molecule has 0 fully saturated rings. The van der Waals surface area contributed by atoms with Gasteiger partial charge in [0, 0.05) is 16.6 Å². The lowest BCUT2D eigenvalue weighted by molar-refractivity contribution is 0.628. The summed E-state index contributed by atoms with van der Waals surface area (Å²) < 4.78 is 13.3. The van der Waals surface area contributed by atoms with E-state index in [1.807, 2.05) is 5.38 Å². The third-order valence-electron chi connectivity index (χ3n) is 4.45. The van der Waals surface area contributed by atoms with E-state index in [1.54, 1.807) is 29.8 Å². The second-order valence-electron chi connectivity index (χ2n) is 6.46. The Morgan fingerprint density at radius 1 is 0.962 bits per heavy atom. The molecule has 0 aliphatic carbocycles. The summed E-state index contributed by atoms with van der Waals surface area (Å²) in [5, 5.41) is 6.51. The summed E-state index contributed by atoms with van der Waals surface area (Å²) in [6, 6.07) is 10.8. The molecule has 2 aromatic carbocycles. The minimum absolute atomic E-state index is 0.242. The summed E-state index contributed by atoms with van der Waals surface area (Å²) in [5.41, 5.74) is 6.61. The van der Waals surface area contributed by atoms with Crippen molar-refractivity contribution in [1.82, 2.24) is 9.97 Å². The van der Waals surface area contributed by atoms with E-state index >= 15 is 0 Å². The van der Waals surface area contributed by atoms with Crippen molar-refractivity contribution >= 4 is 33.1 Å². The normalized spacial score (nSPS) is 11.1. The maximum absolute atomic E-state index is 13.3. The van der Waals surface area contributed by atoms with Gasteiger partial charge in [0.05, 0.1) is 5.39 Å². The zero-order valence-electron chi connectivity index (χ0n) is 14.8. The highest BCUT2D eigenvalue weighted by molar-refractivity contribution is 7.17. The Morgan fingerprint density at radius 2 is 1.65 bits per heavy atom. The van der Waals surface area contributed by atoms with Crippen molar-refractivity contribution in [2.75, 3.05) is 5.32 Å². The molecule has 4 aromatic rings. The van der Waals surface area contributed by atoms with E-state index in [0.29, 0.717) is 0 Å². The van der Waals surface area contributed by atoms with Crippen LogP contribution in [0.3, 0.4) is 0 Å². The van der Waals surface area contributed by atoms with Gasteiger partial charge in [-0.25, -0.2) is 14.4 Å². The first-order valence-corrected chi connectivity index (χ1v) is 9.24. The number of benzene rings is 2. The summed E-state index contributed by atoms with van der Waals surface area (Å²) in [5.74, 6) is 0.527. The van der Waals surface area contributed by atoms with E-state index in [1.165, 1.54) is 28.8 Å². The second kappa shape index (κ2) is 6.50. The quantitative estimate of drug-likeness (QED) is 0.473. The molecule has 26 heavy (non-hydrogen) atoms. The van der Waals surface area contributed by atoms with Crippen molar-refractivity contribution in [2.45, 2.75) is 20.8 Å². The Balaban J connectivity index is 1.86. The average Bonchev–Trinajstić information content (AvgIpc) is 3.03. The third-order valence-corrected chi connectivity index (χ3v) is 5.33. The van der Waals surface area contributed by atoms with Crippen molar-refractivity contribution in [3.63, 3.8) is 0 Å². The van der Waals surface area contributed by atoms with Crippen LogP contribution < -0.4 is 5.32 Å². The van der Waals surface area contributed by atoms with Gasteiger partial charge in [0.2, 0.25) is 0 Å². The molecule has 2 aromatic heterocycles. The zero-order chi connectivity index (χ0) is 18.3. The van der Waals surface area contributed by atoms with Crippen LogP contribution >= 0.6 is 11.3 Å². The predicted octanol–water partition coefficient (Wildman–Crippen LogP) is 6.17. The monoisotopic (exact) mass is 363 g/mol. The van der Waals surface area contributed by atoms with Gasteiger partial charge in [-0.2, -0.15) is 0 Å². The number of hydrogen-bond acceptors (Lipinski definition) is 4. The molecule has 0 aliphatic heterocycles. The molecule has 0 saturated carbocycles. The summed E-state index contributed by atoms with van der Waals surface area (Å²) >= 11 is 1.56. The van der Waals surface area contributed by atoms with Crippen molar-refractivity contribution in [3.05, 3.63) is 70.6 Å². The van der Waals surface area contributed by atoms with Crippen LogP contribution in [0.2, 0.25) is 0 Å². The van der Waals surface area contributed by atoms with Gasteiger partial charge in [0.15, 0.2) is 0 Å². The molecule has 0 bridgehead atoms. The molecule has 5 heteroatoms. The fourth-order valence-electron chi connectivity index (χ4n) is 3.31. The summed E-state index contributed by atoms with van der Waals surface area (Å²) in [6.45, 7) is 6.28. The Labute approximate surface area is 155 Å². The second-order valence-corrected chi connectivity index (χ2v) is 7.32. The number of aromatic nitrogens is 2. The first-order chi connectivity index (χ1) is 12.5. The maximum Gasteiger partial charge on any atom is 0.143 e. The van der Waals surface area contributed by atoms with Crippen LogP contribution in [-0.4, -0.2) is 9.97 Å². The van der Waals surface area contributed by atoms with Gasteiger partial charge in [-0.15, -0.1) is 11.3 Å². The van der Waals surface area contributed by atoms with E-state index in [9.17, 15) is 4.39 Å². The molecular formula is C21H18FN3S. The van der Waals surface area contributed by atoms with Gasteiger partial charge >= 0.3 is 0 Å². The van der Waals surface area contributed by atoms with Crippen LogP contribution in [0, 0.1) is 26.6 Å². The Bertz CT molecular complexity index is 1080. The predicted molar refractivity (Wildman–Crippen MR) is 107 cm³/mol. The topological polar surface area (TPSA) is 37.8 Å². The molecule has 0 atom stereocenters. The molecule has 3 nitrogen and oxygen atoms in total. The van der Waals surface area contributed by atoms with Crippen LogP contribution in [0.4, 0.5) is 15.9 Å². The van der Waals surface area contributed by atoms with Crippen LogP contribution in [0.5, 0.6) is 0 Å². The Hall–Kier alpha value is -2.79. The van der Waals surface area contributed by atoms with Gasteiger partial charge in [-0.1, -0.05) is 29.8 Å². The number of nitrogens with zero attached hydrogens (tertiary/aromatic N) is 2. The number of halogens is 1. The van der Waals surface area contributed by atoms with E-state index < -0.39 is 0 Å². The van der Waals surface area contributed by atoms with Crippen LogP contribution in [0.1, 0.15) is 16.7 Å². The van der Waals surface area contributed by atoms with E-state index in [-0.39, 0.29) is 5.82 Å². The number of hydrogen-bond donors (Lipinski definition) is 1. The van der Waals surface area contributed by atoms with Crippen LogP contribution in [0.25, 0.3) is 21.3 Å². The Kier molecular flexibility index (Phi) is 4.17. The summed E-state index contributed by atoms with van der Waals surface area (Å²) in [4.78, 5) is 9.80. The smallest absolute Gasteiger partial charge is 0.143 e. The maximum atomic E-state index is 13.3. The lowest BCUT2D eigenvalue weighted by atomic mass is 10.0. The molecule has 1 N–H and O–H groups in total. The minimum atomic E-state index is -0.242. The van der Waals surface area contributed by atoms with Gasteiger partial charge in [0.1, 0.15) is 22.8 Å². The first kappa shape index (κ1) is 16.7. The highest BCUT2D eigenvalue weighted by atomic mass is 32.1. The molecule has 0 saturated heterocycles. The van der Waals surface area contributed by atoms with Crippen molar-refractivity contribution < 1.29 is 4.39 Å². The number of fused-ring (bicyclic) bond motifs is 1. The van der Waals surface area contributed by atoms with Gasteiger partial charge in [-0.05, 0) is 49.6 Å². The Morgan fingerprint density at radius 3 is 2.35 bits per heavy atom. The number of aryl methyl sites for hydroxylation is 3. The largest absolute Gasteiger partial charge is 0.339 e. The third kappa shape index (κ3) is 2.95. The molecule has 4 rings (SSSR count). The average molecular weight is 363 g/mol.